The van der Waals surface area contributed by atoms with Crippen molar-refractivity contribution < 1.29 is 4.79 Å². The molecule has 2 rings (SSSR count). The van der Waals surface area contributed by atoms with Crippen molar-refractivity contribution in [3.63, 3.8) is 0 Å². The number of carbonyl (C=O) groups excluding carboxylic acids is 1. The summed E-state index contributed by atoms with van der Waals surface area (Å²) >= 11 is 1.77. The minimum absolute atomic E-state index is 0. The molecule has 166 valence electrons. The number of carbonyl (C=O) groups is 1. The van der Waals surface area contributed by atoms with Gasteiger partial charge in [-0.15, -0.1) is 35.3 Å². The normalized spacial score (nSPS) is 11.6. The molecule has 6 nitrogen and oxygen atoms in total. The van der Waals surface area contributed by atoms with Crippen LogP contribution in [0.1, 0.15) is 60.4 Å². The van der Waals surface area contributed by atoms with Crippen LogP contribution in [0.5, 0.6) is 0 Å². The molecule has 0 bridgehead atoms. The molecule has 8 heteroatoms. The van der Waals surface area contributed by atoms with Crippen LogP contribution in [0.4, 0.5) is 0 Å². The number of nitrogens with zero attached hydrogens (tertiary/aromatic N) is 2. The van der Waals surface area contributed by atoms with E-state index in [1.165, 1.54) is 4.88 Å². The van der Waals surface area contributed by atoms with E-state index in [9.17, 15) is 4.79 Å². The monoisotopic (exact) mass is 543 g/mol. The highest BCUT2D eigenvalue weighted by Crippen LogP contribution is 2.13. The number of amides is 1. The Morgan fingerprint density at radius 3 is 2.60 bits per heavy atom. The number of benzene rings is 1. The quantitative estimate of drug-likeness (QED) is 0.266. The van der Waals surface area contributed by atoms with E-state index in [0.717, 1.165) is 42.5 Å². The van der Waals surface area contributed by atoms with Crippen molar-refractivity contribution >= 4 is 47.2 Å². The molecule has 3 N–H and O–H groups in total. The summed E-state index contributed by atoms with van der Waals surface area (Å²) in [4.78, 5) is 22.8. The van der Waals surface area contributed by atoms with Gasteiger partial charge in [-0.1, -0.05) is 19.1 Å². The van der Waals surface area contributed by atoms with E-state index >= 15 is 0 Å². The molecule has 0 aliphatic heterocycles. The van der Waals surface area contributed by atoms with Gasteiger partial charge in [0.05, 0.1) is 11.6 Å². The van der Waals surface area contributed by atoms with Crippen LogP contribution >= 0.6 is 35.3 Å². The Labute approximate surface area is 201 Å². The van der Waals surface area contributed by atoms with Gasteiger partial charge in [0.15, 0.2) is 5.96 Å². The van der Waals surface area contributed by atoms with Gasteiger partial charge in [-0.25, -0.2) is 9.98 Å². The standard InChI is InChI=1S/C22H33N5OS.HI/c1-6-18-15-25-19(29-18)11-12-24-21(23-7-2)26-14-16-9-8-10-17(13-16)20(28)27-22(3,4)5;/h8-10,13,15H,6-7,11-12,14H2,1-5H3,(H,27,28)(H2,23,24,26);1H. The van der Waals surface area contributed by atoms with Gasteiger partial charge < -0.3 is 16.0 Å². The average molecular weight is 544 g/mol. The molecule has 0 unspecified atom stereocenters. The van der Waals surface area contributed by atoms with Crippen molar-refractivity contribution in [3.05, 3.63) is 51.5 Å². The van der Waals surface area contributed by atoms with Crippen LogP contribution in [0.25, 0.3) is 0 Å². The van der Waals surface area contributed by atoms with Crippen LogP contribution in [0.3, 0.4) is 0 Å². The van der Waals surface area contributed by atoms with Crippen molar-refractivity contribution in [2.45, 2.75) is 59.5 Å². The van der Waals surface area contributed by atoms with Gasteiger partial charge in [-0.05, 0) is 51.8 Å². The van der Waals surface area contributed by atoms with Gasteiger partial charge in [-0.2, -0.15) is 0 Å². The van der Waals surface area contributed by atoms with E-state index in [1.807, 2.05) is 58.2 Å². The zero-order valence-electron chi connectivity index (χ0n) is 18.5. The summed E-state index contributed by atoms with van der Waals surface area (Å²) in [5.41, 5.74) is 1.39. The fraction of sp³-hybridized carbons (Fsp3) is 0.500. The molecule has 2 aromatic rings. The third kappa shape index (κ3) is 9.42. The summed E-state index contributed by atoms with van der Waals surface area (Å²) in [6.45, 7) is 12.2. The van der Waals surface area contributed by atoms with Crippen molar-refractivity contribution in [2.75, 3.05) is 13.1 Å². The van der Waals surface area contributed by atoms with Crippen LogP contribution in [-0.4, -0.2) is 35.5 Å². The van der Waals surface area contributed by atoms with Crippen LogP contribution in [0, 0.1) is 0 Å². The SMILES string of the molecule is CCNC(=NCc1cccc(C(=O)NC(C)(C)C)c1)NCCc1ncc(CC)s1.I. The summed E-state index contributed by atoms with van der Waals surface area (Å²) in [7, 11) is 0. The van der Waals surface area contributed by atoms with Crippen molar-refractivity contribution in [2.24, 2.45) is 4.99 Å². The number of aliphatic imine (C=N–C) groups is 1. The van der Waals surface area contributed by atoms with Crippen molar-refractivity contribution in [1.29, 1.82) is 0 Å². The number of aromatic nitrogens is 1. The number of hydrogen-bond acceptors (Lipinski definition) is 4. The third-order valence-corrected chi connectivity index (χ3v) is 5.22. The molecule has 0 spiro atoms. The molecule has 0 radical (unpaired) electrons. The Balaban J connectivity index is 0.00000450. The summed E-state index contributed by atoms with van der Waals surface area (Å²) in [6, 6.07) is 7.62. The fourth-order valence-corrected chi connectivity index (χ4v) is 3.51. The second-order valence-electron chi connectivity index (χ2n) is 7.85. The van der Waals surface area contributed by atoms with E-state index in [0.29, 0.717) is 12.1 Å². The largest absolute Gasteiger partial charge is 0.357 e. The van der Waals surface area contributed by atoms with E-state index in [2.05, 4.69) is 32.9 Å². The minimum Gasteiger partial charge on any atom is -0.357 e. The zero-order valence-corrected chi connectivity index (χ0v) is 21.7. The minimum atomic E-state index is -0.261. The first-order valence-corrected chi connectivity index (χ1v) is 11.0. The highest BCUT2D eigenvalue weighted by atomic mass is 127. The Hall–Kier alpha value is -1.68. The number of halogens is 1. The summed E-state index contributed by atoms with van der Waals surface area (Å²) in [6.07, 6.45) is 3.86. The van der Waals surface area contributed by atoms with Gasteiger partial charge in [0, 0.05) is 41.7 Å². The third-order valence-electron chi connectivity index (χ3n) is 4.02. The predicted octanol–water partition coefficient (Wildman–Crippen LogP) is 4.15. The number of nitrogens with one attached hydrogen (secondary N) is 3. The molecular weight excluding hydrogens is 509 g/mol. The van der Waals surface area contributed by atoms with Crippen molar-refractivity contribution in [3.8, 4) is 0 Å². The highest BCUT2D eigenvalue weighted by Gasteiger charge is 2.15. The van der Waals surface area contributed by atoms with E-state index in [4.69, 9.17) is 0 Å². The fourth-order valence-electron chi connectivity index (χ4n) is 2.65. The van der Waals surface area contributed by atoms with Gasteiger partial charge in [0.1, 0.15) is 0 Å². The summed E-state index contributed by atoms with van der Waals surface area (Å²) < 4.78 is 0. The van der Waals surface area contributed by atoms with Gasteiger partial charge in [0.25, 0.3) is 5.91 Å². The van der Waals surface area contributed by atoms with E-state index < -0.39 is 0 Å². The Morgan fingerprint density at radius 1 is 1.20 bits per heavy atom. The first kappa shape index (κ1) is 26.4. The van der Waals surface area contributed by atoms with Gasteiger partial charge >= 0.3 is 0 Å². The van der Waals surface area contributed by atoms with Crippen LogP contribution in [0.2, 0.25) is 0 Å². The molecule has 1 amide bonds. The topological polar surface area (TPSA) is 78.4 Å². The smallest absolute Gasteiger partial charge is 0.251 e. The molecule has 1 heterocycles. The number of hydrogen-bond donors (Lipinski definition) is 3. The molecule has 0 atom stereocenters. The highest BCUT2D eigenvalue weighted by molar-refractivity contribution is 14.0. The lowest BCUT2D eigenvalue weighted by Crippen LogP contribution is -2.40. The summed E-state index contributed by atoms with van der Waals surface area (Å²) in [5.74, 6) is 0.701. The van der Waals surface area contributed by atoms with Gasteiger partial charge in [0.2, 0.25) is 0 Å². The maximum absolute atomic E-state index is 12.4. The maximum atomic E-state index is 12.4. The maximum Gasteiger partial charge on any atom is 0.251 e. The first-order chi connectivity index (χ1) is 13.8. The second-order valence-corrected chi connectivity index (χ2v) is 9.05. The Kier molecular flexibility index (Phi) is 11.3. The Morgan fingerprint density at radius 2 is 1.97 bits per heavy atom. The summed E-state index contributed by atoms with van der Waals surface area (Å²) in [5, 5.41) is 10.8. The van der Waals surface area contributed by atoms with E-state index in [1.54, 1.807) is 11.3 Å². The number of rotatable bonds is 8. The number of guanidine groups is 1. The number of thiazole rings is 1. The molecule has 0 saturated carbocycles. The lowest BCUT2D eigenvalue weighted by atomic mass is 10.1. The van der Waals surface area contributed by atoms with Crippen LogP contribution < -0.4 is 16.0 Å². The lowest BCUT2D eigenvalue weighted by molar-refractivity contribution is 0.0919. The molecule has 1 aromatic heterocycles. The number of aryl methyl sites for hydroxylation is 1. The van der Waals surface area contributed by atoms with Crippen molar-refractivity contribution in [1.82, 2.24) is 20.9 Å². The molecule has 30 heavy (non-hydrogen) atoms. The molecule has 0 fully saturated rings. The second kappa shape index (κ2) is 12.9. The van der Waals surface area contributed by atoms with Crippen LogP contribution in [-0.2, 0) is 19.4 Å². The lowest BCUT2D eigenvalue weighted by Gasteiger charge is -2.20. The Bertz CT molecular complexity index is 829. The predicted molar refractivity (Wildman–Crippen MR) is 137 cm³/mol. The van der Waals surface area contributed by atoms with E-state index in [-0.39, 0.29) is 35.4 Å². The molecule has 1 aromatic carbocycles. The molecular formula is C22H34IN5OS. The van der Waals surface area contributed by atoms with Gasteiger partial charge in [-0.3, -0.25) is 4.79 Å². The van der Waals surface area contributed by atoms with Crippen LogP contribution in [0.15, 0.2) is 35.5 Å². The molecule has 0 aliphatic carbocycles. The first-order valence-electron chi connectivity index (χ1n) is 10.2. The zero-order chi connectivity index (χ0) is 21.3. The molecule has 0 aliphatic rings. The molecule has 0 saturated heterocycles. The average Bonchev–Trinajstić information content (AvgIpc) is 3.13.